The maximum Gasteiger partial charge on any atom is 0.327 e. The Balaban J connectivity index is 2.20. The summed E-state index contributed by atoms with van der Waals surface area (Å²) in [4.78, 5) is 25.8. The number of aliphatic carboxylic acids is 1. The number of thioether (sulfide) groups is 1. The van der Waals surface area contributed by atoms with Crippen LogP contribution in [0, 0.1) is 5.92 Å². The van der Waals surface area contributed by atoms with Gasteiger partial charge in [0.25, 0.3) is 5.91 Å². The molecule has 0 aromatic heterocycles. The molecular weight excluding hydrogens is 358 g/mol. The summed E-state index contributed by atoms with van der Waals surface area (Å²) >= 11 is 6.37. The number of carboxylic acids is 1. The first-order chi connectivity index (χ1) is 11.8. The molecule has 1 amide bonds. The smallest absolute Gasteiger partial charge is 0.327 e. The van der Waals surface area contributed by atoms with Gasteiger partial charge >= 0.3 is 5.97 Å². The highest BCUT2D eigenvalue weighted by Gasteiger charge is 2.41. The Morgan fingerprint density at radius 3 is 2.52 bits per heavy atom. The first-order valence-electron chi connectivity index (χ1n) is 8.07. The highest BCUT2D eigenvalue weighted by Crippen LogP contribution is 2.35. The summed E-state index contributed by atoms with van der Waals surface area (Å²) in [6.45, 7) is 6.22. The fraction of sp³-hybridized carbons (Fsp3) is 0.389. The number of carbonyl (C=O) groups excluding carboxylic acids is 1. The third kappa shape index (κ3) is 4.61. The zero-order chi connectivity index (χ0) is 18.6. The van der Waals surface area contributed by atoms with Crippen molar-refractivity contribution in [3.05, 3.63) is 34.7 Å². The average Bonchev–Trinajstić information content (AvgIpc) is 2.81. The van der Waals surface area contributed by atoms with Gasteiger partial charge in [0.2, 0.25) is 0 Å². The van der Waals surface area contributed by atoms with Crippen LogP contribution in [0.25, 0.3) is 6.08 Å². The number of hydrogen-bond donors (Lipinski definition) is 1. The summed E-state index contributed by atoms with van der Waals surface area (Å²) in [5.74, 6) is -0.876. The molecule has 134 valence electrons. The Labute approximate surface area is 157 Å². The average molecular weight is 380 g/mol. The molecule has 0 aliphatic carbocycles. The minimum atomic E-state index is -1.05. The van der Waals surface area contributed by atoms with Crippen molar-refractivity contribution in [1.29, 1.82) is 0 Å². The van der Waals surface area contributed by atoms with Gasteiger partial charge in [-0.25, -0.2) is 4.79 Å². The highest BCUT2D eigenvalue weighted by molar-refractivity contribution is 8.26. The van der Waals surface area contributed by atoms with E-state index in [1.54, 1.807) is 19.9 Å². The van der Waals surface area contributed by atoms with E-state index >= 15 is 0 Å². The lowest BCUT2D eigenvalue weighted by Crippen LogP contribution is -2.47. The van der Waals surface area contributed by atoms with Gasteiger partial charge in [-0.05, 0) is 36.1 Å². The van der Waals surface area contributed by atoms with E-state index in [1.807, 2.05) is 31.2 Å². The lowest BCUT2D eigenvalue weighted by atomic mass is 10.0. The van der Waals surface area contributed by atoms with Crippen molar-refractivity contribution in [2.75, 3.05) is 6.61 Å². The Morgan fingerprint density at radius 2 is 2.00 bits per heavy atom. The fourth-order valence-corrected chi connectivity index (χ4v) is 3.77. The lowest BCUT2D eigenvalue weighted by molar-refractivity contribution is -0.146. The number of thiocarbonyl (C=S) groups is 1. The highest BCUT2D eigenvalue weighted by atomic mass is 32.2. The van der Waals surface area contributed by atoms with Crippen molar-refractivity contribution in [3.63, 3.8) is 0 Å². The van der Waals surface area contributed by atoms with Crippen molar-refractivity contribution in [3.8, 4) is 5.75 Å². The van der Waals surface area contributed by atoms with Gasteiger partial charge in [0.05, 0.1) is 11.5 Å². The number of ether oxygens (including phenoxy) is 1. The molecule has 0 spiro atoms. The SMILES string of the molecule is CCCOc1ccc(/C=C2\SC(=S)N(C(C(=O)O)C(C)C)C2=O)cc1. The molecule has 1 unspecified atom stereocenters. The predicted octanol–water partition coefficient (Wildman–Crippen LogP) is 3.79. The van der Waals surface area contributed by atoms with E-state index in [4.69, 9.17) is 17.0 Å². The number of hydrogen-bond acceptors (Lipinski definition) is 5. The molecule has 2 rings (SSSR count). The second kappa shape index (κ2) is 8.49. The van der Waals surface area contributed by atoms with Crippen LogP contribution in [0.2, 0.25) is 0 Å². The number of nitrogens with zero attached hydrogens (tertiary/aromatic N) is 1. The van der Waals surface area contributed by atoms with Crippen LogP contribution in [0.1, 0.15) is 32.8 Å². The normalized spacial score (nSPS) is 17.4. The summed E-state index contributed by atoms with van der Waals surface area (Å²) < 4.78 is 5.81. The number of benzene rings is 1. The van der Waals surface area contributed by atoms with Gasteiger partial charge in [-0.2, -0.15) is 0 Å². The van der Waals surface area contributed by atoms with Crippen LogP contribution >= 0.6 is 24.0 Å². The Morgan fingerprint density at radius 1 is 1.36 bits per heavy atom. The van der Waals surface area contributed by atoms with Gasteiger partial charge < -0.3 is 9.84 Å². The van der Waals surface area contributed by atoms with Gasteiger partial charge in [-0.15, -0.1) is 0 Å². The first kappa shape index (κ1) is 19.5. The topological polar surface area (TPSA) is 66.8 Å². The van der Waals surface area contributed by atoms with E-state index in [-0.39, 0.29) is 16.1 Å². The van der Waals surface area contributed by atoms with Gasteiger partial charge in [0, 0.05) is 0 Å². The van der Waals surface area contributed by atoms with Gasteiger partial charge in [0.1, 0.15) is 16.1 Å². The van der Waals surface area contributed by atoms with Gasteiger partial charge in [0.15, 0.2) is 0 Å². The molecule has 1 aromatic rings. The van der Waals surface area contributed by atoms with Gasteiger partial charge in [-0.3, -0.25) is 9.69 Å². The van der Waals surface area contributed by atoms with Crippen molar-refractivity contribution in [1.82, 2.24) is 4.90 Å². The molecule has 0 saturated carbocycles. The largest absolute Gasteiger partial charge is 0.494 e. The molecule has 1 N–H and O–H groups in total. The molecular formula is C18H21NO4S2. The zero-order valence-electron chi connectivity index (χ0n) is 14.4. The van der Waals surface area contributed by atoms with E-state index in [2.05, 4.69) is 0 Å². The first-order valence-corrected chi connectivity index (χ1v) is 9.30. The number of carbonyl (C=O) groups is 2. The van der Waals surface area contributed by atoms with Crippen LogP contribution in [-0.2, 0) is 9.59 Å². The number of amides is 1. The molecule has 1 aromatic carbocycles. The fourth-order valence-electron chi connectivity index (χ4n) is 2.44. The number of carboxylic acid groups (broad SMARTS) is 1. The quantitative estimate of drug-likeness (QED) is 0.574. The summed E-state index contributed by atoms with van der Waals surface area (Å²) in [5, 5.41) is 9.42. The predicted molar refractivity (Wildman–Crippen MR) is 104 cm³/mol. The molecule has 1 fully saturated rings. The molecule has 0 bridgehead atoms. The van der Waals surface area contributed by atoms with E-state index in [0.29, 0.717) is 11.5 Å². The van der Waals surface area contributed by atoms with Crippen LogP contribution in [0.4, 0.5) is 0 Å². The second-order valence-corrected chi connectivity index (χ2v) is 7.67. The van der Waals surface area contributed by atoms with Crippen molar-refractivity contribution < 1.29 is 19.4 Å². The van der Waals surface area contributed by atoms with Crippen LogP contribution in [0.15, 0.2) is 29.2 Å². The maximum absolute atomic E-state index is 12.6. The molecule has 7 heteroatoms. The maximum atomic E-state index is 12.6. The molecule has 0 radical (unpaired) electrons. The van der Waals surface area contributed by atoms with Crippen LogP contribution < -0.4 is 4.74 Å². The molecule has 1 saturated heterocycles. The Hall–Kier alpha value is -1.86. The summed E-state index contributed by atoms with van der Waals surface area (Å²) in [6.07, 6.45) is 2.66. The Kier molecular flexibility index (Phi) is 6.61. The van der Waals surface area contributed by atoms with Crippen LogP contribution in [0.5, 0.6) is 5.75 Å². The third-order valence-electron chi connectivity index (χ3n) is 3.64. The Bertz CT molecular complexity index is 698. The standard InChI is InChI=1S/C18H21NO4S2/c1-4-9-23-13-7-5-12(6-8-13)10-14-16(20)19(18(24)25-14)15(11(2)3)17(21)22/h5-8,10-11,15H,4,9H2,1-3H3,(H,21,22)/b14-10-. The van der Waals surface area contributed by atoms with E-state index in [0.717, 1.165) is 29.5 Å². The molecule has 25 heavy (non-hydrogen) atoms. The molecule has 5 nitrogen and oxygen atoms in total. The van der Waals surface area contributed by atoms with Crippen molar-refractivity contribution >= 4 is 46.3 Å². The monoisotopic (exact) mass is 379 g/mol. The van der Waals surface area contributed by atoms with Crippen molar-refractivity contribution in [2.45, 2.75) is 33.2 Å². The van der Waals surface area contributed by atoms with Crippen molar-refractivity contribution in [2.24, 2.45) is 5.92 Å². The number of rotatable bonds is 7. The van der Waals surface area contributed by atoms with E-state index in [1.165, 1.54) is 4.90 Å². The minimum Gasteiger partial charge on any atom is -0.494 e. The van der Waals surface area contributed by atoms with Gasteiger partial charge in [-0.1, -0.05) is 56.9 Å². The van der Waals surface area contributed by atoms with Crippen LogP contribution in [-0.4, -0.2) is 38.9 Å². The van der Waals surface area contributed by atoms with E-state index < -0.39 is 12.0 Å². The molecule has 1 heterocycles. The third-order valence-corrected chi connectivity index (χ3v) is 4.97. The summed E-state index contributed by atoms with van der Waals surface area (Å²) in [6, 6.07) is 6.44. The molecule has 1 aliphatic heterocycles. The molecule has 1 atom stereocenters. The summed E-state index contributed by atoms with van der Waals surface area (Å²) in [7, 11) is 0. The molecule has 1 aliphatic rings. The van der Waals surface area contributed by atoms with E-state index in [9.17, 15) is 14.7 Å². The second-order valence-electron chi connectivity index (χ2n) is 6.00. The minimum absolute atomic E-state index is 0.241. The van der Waals surface area contributed by atoms with Crippen LogP contribution in [0.3, 0.4) is 0 Å². The zero-order valence-corrected chi connectivity index (χ0v) is 16.0. The summed E-state index contributed by atoms with van der Waals surface area (Å²) in [5.41, 5.74) is 0.834. The lowest BCUT2D eigenvalue weighted by Gasteiger charge is -2.26.